The number of rotatable bonds is 20. The number of halogens is 32. The number of ether oxygens (including phenoxy) is 6. The van der Waals surface area contributed by atoms with Gasteiger partial charge in [0.25, 0.3) is 23.7 Å². The Morgan fingerprint density at radius 1 is 0.341 bits per heavy atom. The maximum atomic E-state index is 15.1. The molecule has 4 saturated carbocycles. The maximum Gasteiger partial charge on any atom is 0.423 e. The van der Waals surface area contributed by atoms with Gasteiger partial charge in [-0.05, 0) is 51.4 Å². The van der Waals surface area contributed by atoms with Gasteiger partial charge in [0.05, 0.1) is 13.2 Å². The number of hydrogen-bond donors (Lipinski definition) is 1. The second-order valence-electron chi connectivity index (χ2n) is 21.2. The molecule has 4 aliphatic carbocycles. The third-order valence-electron chi connectivity index (χ3n) is 16.2. The molecule has 0 aromatic rings. The lowest BCUT2D eigenvalue weighted by Crippen LogP contribution is -2.67. The van der Waals surface area contributed by atoms with Crippen molar-refractivity contribution in [3.05, 3.63) is 0 Å². The number of aliphatic hydroxyl groups is 1. The normalized spacial score (nSPS) is 36.9. The Morgan fingerprint density at radius 3 is 0.718 bits per heavy atom. The molecular formula is C46H58F32O7. The average Bonchev–Trinajstić information content (AvgIpc) is 2.04. The minimum Gasteiger partial charge on any atom is -0.376 e. The molecule has 7 nitrogen and oxygen atoms in total. The van der Waals surface area contributed by atoms with Gasteiger partial charge in [0, 0.05) is 58.5 Å². The highest BCUT2D eigenvalue weighted by Gasteiger charge is 2.93. The Morgan fingerprint density at radius 2 is 0.553 bits per heavy atom. The molecule has 12 atom stereocenters. The zero-order valence-corrected chi connectivity index (χ0v) is 45.5. The van der Waals surface area contributed by atoms with Crippen molar-refractivity contribution in [2.45, 2.75) is 224 Å². The van der Waals surface area contributed by atoms with Gasteiger partial charge >= 0.3 is 48.4 Å². The molecule has 0 aromatic heterocycles. The first kappa shape index (κ1) is 78.6. The van der Waals surface area contributed by atoms with Crippen molar-refractivity contribution in [2.75, 3.05) is 40.7 Å². The topological polar surface area (TPSA) is 75.6 Å². The summed E-state index contributed by atoms with van der Waals surface area (Å²) in [7, 11) is 0.867. The van der Waals surface area contributed by atoms with E-state index in [1.54, 1.807) is 0 Å². The Bertz CT molecular complexity index is 2130. The lowest BCUT2D eigenvalue weighted by atomic mass is 9.83. The van der Waals surface area contributed by atoms with Crippen LogP contribution in [0.3, 0.4) is 0 Å². The van der Waals surface area contributed by atoms with Crippen molar-refractivity contribution in [3.8, 4) is 0 Å². The van der Waals surface area contributed by atoms with E-state index < -0.39 is 226 Å². The summed E-state index contributed by atoms with van der Waals surface area (Å²) in [5.74, 6) is -51.8. The summed E-state index contributed by atoms with van der Waals surface area (Å²) in [6, 6.07) is 0. The first-order valence-corrected chi connectivity index (χ1v) is 24.8. The van der Waals surface area contributed by atoms with E-state index in [1.807, 2.05) is 0 Å². The first-order chi connectivity index (χ1) is 37.4. The van der Waals surface area contributed by atoms with Gasteiger partial charge in [-0.25, -0.2) is 52.7 Å². The molecule has 4 rings (SSSR count). The summed E-state index contributed by atoms with van der Waals surface area (Å²) in [5, 5.41) is 9.11. The number of methoxy groups -OCH3 is 1. The summed E-state index contributed by atoms with van der Waals surface area (Å²) in [6.45, 7) is -3.98. The van der Waals surface area contributed by atoms with Crippen molar-refractivity contribution in [2.24, 2.45) is 23.7 Å². The van der Waals surface area contributed by atoms with Crippen LogP contribution in [0.4, 0.5) is 140 Å². The summed E-state index contributed by atoms with van der Waals surface area (Å²) in [4.78, 5) is 0. The maximum absolute atomic E-state index is 15.1. The minimum absolute atomic E-state index is 0.160. The van der Waals surface area contributed by atoms with Crippen LogP contribution in [-0.2, 0) is 28.4 Å². The summed E-state index contributed by atoms with van der Waals surface area (Å²) in [6.07, 6.45) is -34.3. The van der Waals surface area contributed by atoms with Crippen LogP contribution in [0.25, 0.3) is 0 Å². The predicted octanol–water partition coefficient (Wildman–Crippen LogP) is 16.5. The van der Waals surface area contributed by atoms with Crippen molar-refractivity contribution < 1.29 is 174 Å². The van der Waals surface area contributed by atoms with Gasteiger partial charge in [-0.3, -0.25) is 0 Å². The molecule has 0 aliphatic heterocycles. The molecule has 12 unspecified atom stereocenters. The monoisotopic (exact) mass is 1330 g/mol. The fraction of sp³-hybridized carbons (Fsp3) is 1.00. The molecule has 508 valence electrons. The lowest BCUT2D eigenvalue weighted by molar-refractivity contribution is -0.380. The number of hydrogen-bond acceptors (Lipinski definition) is 7. The third-order valence-corrected chi connectivity index (χ3v) is 16.2. The summed E-state index contributed by atoms with van der Waals surface area (Å²) >= 11 is 0. The van der Waals surface area contributed by atoms with Gasteiger partial charge in [-0.2, -0.15) is 87.8 Å². The molecule has 1 N–H and O–H groups in total. The van der Waals surface area contributed by atoms with Crippen molar-refractivity contribution in [1.29, 1.82) is 0 Å². The summed E-state index contributed by atoms with van der Waals surface area (Å²) < 4.78 is 469. The predicted molar refractivity (Wildman–Crippen MR) is 225 cm³/mol. The second-order valence-corrected chi connectivity index (χ2v) is 21.2. The van der Waals surface area contributed by atoms with Crippen LogP contribution in [0.2, 0.25) is 0 Å². The molecule has 4 aliphatic rings. The van der Waals surface area contributed by atoms with E-state index in [0.29, 0.717) is 0 Å². The van der Waals surface area contributed by atoms with E-state index in [9.17, 15) is 132 Å². The van der Waals surface area contributed by atoms with Crippen LogP contribution in [-0.4, -0.2) is 163 Å². The highest BCUT2D eigenvalue weighted by Crippen LogP contribution is 2.71. The molecule has 85 heavy (non-hydrogen) atoms. The Kier molecular flexibility index (Phi) is 22.1. The molecule has 0 amide bonds. The number of alkyl halides is 32. The van der Waals surface area contributed by atoms with Gasteiger partial charge in [0.2, 0.25) is 45.1 Å². The van der Waals surface area contributed by atoms with E-state index in [0.717, 1.165) is 34.8 Å². The van der Waals surface area contributed by atoms with E-state index in [1.165, 1.54) is 0 Å². The average molecular weight is 1330 g/mol. The fourth-order valence-corrected chi connectivity index (χ4v) is 11.5. The molecule has 0 spiro atoms. The summed E-state index contributed by atoms with van der Waals surface area (Å²) in [5.41, 5.74) is -38.2. The Balaban J connectivity index is 0.000000497. The van der Waals surface area contributed by atoms with E-state index in [-0.39, 0.29) is 27.7 Å². The lowest BCUT2D eigenvalue weighted by Gasteiger charge is -2.42. The fourth-order valence-electron chi connectivity index (χ4n) is 11.5. The smallest absolute Gasteiger partial charge is 0.376 e. The van der Waals surface area contributed by atoms with Crippen molar-refractivity contribution >= 4 is 0 Å². The van der Waals surface area contributed by atoms with E-state index >= 15 is 8.78 Å². The van der Waals surface area contributed by atoms with Crippen LogP contribution in [0.5, 0.6) is 0 Å². The van der Waals surface area contributed by atoms with Crippen LogP contribution in [0, 0.1) is 23.7 Å². The SMILES string of the molecule is CCC1CC(O)(C(F)(F)F)C(F)(F)C1(F)C(C)(F)F.CCC1CC(OCOC)(C(F)(F)F)C(F)(F)C1(F)C(C)(F)F.CCC1CC(OCOCCOCOC2(C(F)(F)F)CC(CC)C(F)(C(C)(F)F)C2(F)F)(C(F)(F)F)C(F)(F)C1(F)C(C)(F)F. The van der Waals surface area contributed by atoms with Gasteiger partial charge in [0.1, 0.15) is 20.4 Å². The minimum atomic E-state index is -6.12. The quantitative estimate of drug-likeness (QED) is 0.0739. The second kappa shape index (κ2) is 23.9. The molecule has 0 heterocycles. The van der Waals surface area contributed by atoms with Crippen molar-refractivity contribution in [1.82, 2.24) is 0 Å². The molecule has 0 saturated heterocycles. The first-order valence-electron chi connectivity index (χ1n) is 24.8. The molecule has 0 aromatic carbocycles. The van der Waals surface area contributed by atoms with Crippen LogP contribution in [0.1, 0.15) is 107 Å². The van der Waals surface area contributed by atoms with Crippen LogP contribution >= 0.6 is 0 Å². The highest BCUT2D eigenvalue weighted by molar-refractivity contribution is 5.27. The molecule has 0 radical (unpaired) electrons. The van der Waals surface area contributed by atoms with Crippen molar-refractivity contribution in [3.63, 3.8) is 0 Å². The van der Waals surface area contributed by atoms with E-state index in [4.69, 9.17) is 5.11 Å². The molecule has 0 bridgehead atoms. The van der Waals surface area contributed by atoms with Crippen LogP contribution < -0.4 is 0 Å². The Labute approximate surface area is 462 Å². The zero-order valence-electron chi connectivity index (χ0n) is 45.5. The zero-order chi connectivity index (χ0) is 67.7. The molecule has 39 heteroatoms. The molecular weight excluding hydrogens is 1270 g/mol. The van der Waals surface area contributed by atoms with Gasteiger partial charge < -0.3 is 33.5 Å². The Hall–Kier alpha value is -2.52. The highest BCUT2D eigenvalue weighted by atomic mass is 19.4. The van der Waals surface area contributed by atoms with Gasteiger partial charge in [0.15, 0.2) is 0 Å². The van der Waals surface area contributed by atoms with Crippen LogP contribution in [0.15, 0.2) is 0 Å². The van der Waals surface area contributed by atoms with E-state index in [2.05, 4.69) is 28.4 Å². The largest absolute Gasteiger partial charge is 0.423 e. The van der Waals surface area contributed by atoms with Gasteiger partial charge in [-0.15, -0.1) is 0 Å². The molecule has 4 fully saturated rings. The third kappa shape index (κ3) is 11.5. The van der Waals surface area contributed by atoms with Gasteiger partial charge in [-0.1, -0.05) is 27.7 Å². The standard InChI is InChI=1S/C24H30F16O4.C12H16F8O2.C10H12F8O/c1-5-13-9-17(23(35,36)37,21(31,32)19(13,29)15(3,25)26)43-11-41-7-8-42-12-44-18(24(38,39)40)10-14(6-2)20(30,16(4,27)28)22(18,33)34;1-4-7-5-9(12(18,19)20,22-6-21-3)11(16,17)10(7,15)8(2,13)14;1-3-5-4-7(19,10(16,17)18)9(14,15)8(5,13)6(2,11)12/h13-14H,5-12H2,1-4H3;7H,4-6H2,1-3H3;5,19H,3-4H2,1-2H3.